The normalized spacial score (nSPS) is 17.9. The fourth-order valence-electron chi connectivity index (χ4n) is 2.55. The Bertz CT molecular complexity index is 545. The van der Waals surface area contributed by atoms with Gasteiger partial charge in [0.05, 0.1) is 11.1 Å². The molecule has 0 aliphatic heterocycles. The van der Waals surface area contributed by atoms with E-state index < -0.39 is 11.2 Å². The molecule has 106 valence electrons. The van der Waals surface area contributed by atoms with E-state index in [9.17, 15) is 14.4 Å². The molecule has 20 heavy (non-hydrogen) atoms. The van der Waals surface area contributed by atoms with Crippen LogP contribution >= 0.6 is 11.6 Å². The molecule has 0 radical (unpaired) electrons. The Morgan fingerprint density at radius 3 is 2.50 bits per heavy atom. The Morgan fingerprint density at radius 2 is 1.95 bits per heavy atom. The van der Waals surface area contributed by atoms with Gasteiger partial charge in [0.2, 0.25) is 5.91 Å². The first-order chi connectivity index (χ1) is 9.57. The third-order valence-electron chi connectivity index (χ3n) is 3.78. The molecule has 1 aromatic carbocycles. The van der Waals surface area contributed by atoms with Crippen molar-refractivity contribution in [1.29, 1.82) is 5.26 Å². The largest absolute Gasteiger partial charge is 0.325 e. The van der Waals surface area contributed by atoms with E-state index in [2.05, 4.69) is 11.4 Å². The van der Waals surface area contributed by atoms with E-state index in [1.807, 2.05) is 0 Å². The number of amides is 1. The Morgan fingerprint density at radius 1 is 1.30 bits per heavy atom. The van der Waals surface area contributed by atoms with Gasteiger partial charge in [-0.15, -0.1) is 0 Å². The minimum Gasteiger partial charge on any atom is -0.325 e. The summed E-state index contributed by atoms with van der Waals surface area (Å²) in [6.07, 6.45) is 4.96. The number of hydrogen-bond donors (Lipinski definition) is 1. The number of hydrogen-bond acceptors (Lipinski definition) is 2. The zero-order valence-corrected chi connectivity index (χ0v) is 11.8. The zero-order valence-electron chi connectivity index (χ0n) is 11.1. The lowest BCUT2D eigenvalue weighted by molar-refractivity contribution is -0.123. The number of halogens is 2. The van der Waals surface area contributed by atoms with E-state index in [0.29, 0.717) is 18.5 Å². The average molecular weight is 295 g/mol. The third-order valence-corrected chi connectivity index (χ3v) is 4.09. The van der Waals surface area contributed by atoms with Crippen molar-refractivity contribution in [1.82, 2.24) is 0 Å². The number of rotatable bonds is 2. The number of carbonyl (C=O) groups excluding carboxylic acids is 1. The Labute approximate surface area is 122 Å². The van der Waals surface area contributed by atoms with Gasteiger partial charge in [0, 0.05) is 5.69 Å². The molecule has 5 heteroatoms. The third kappa shape index (κ3) is 3.10. The van der Waals surface area contributed by atoms with E-state index in [0.717, 1.165) is 25.7 Å². The van der Waals surface area contributed by atoms with Crippen molar-refractivity contribution in [2.75, 3.05) is 5.32 Å². The summed E-state index contributed by atoms with van der Waals surface area (Å²) >= 11 is 5.60. The van der Waals surface area contributed by atoms with Crippen LogP contribution < -0.4 is 5.32 Å². The number of carbonyl (C=O) groups is 1. The van der Waals surface area contributed by atoms with Gasteiger partial charge in [-0.1, -0.05) is 37.3 Å². The fraction of sp³-hybridized carbons (Fsp3) is 0.467. The topological polar surface area (TPSA) is 52.9 Å². The van der Waals surface area contributed by atoms with Gasteiger partial charge >= 0.3 is 0 Å². The lowest BCUT2D eigenvalue weighted by Crippen LogP contribution is -2.34. The summed E-state index contributed by atoms with van der Waals surface area (Å²) in [5, 5.41) is 12.1. The monoisotopic (exact) mass is 294 g/mol. The lowest BCUT2D eigenvalue weighted by atomic mass is 9.81. The van der Waals surface area contributed by atoms with Gasteiger partial charge in [-0.25, -0.2) is 4.39 Å². The van der Waals surface area contributed by atoms with Crippen molar-refractivity contribution in [3.63, 3.8) is 0 Å². The first kappa shape index (κ1) is 14.8. The molecule has 1 aliphatic carbocycles. The molecule has 0 spiro atoms. The van der Waals surface area contributed by atoms with Crippen LogP contribution in [-0.2, 0) is 4.79 Å². The van der Waals surface area contributed by atoms with Crippen LogP contribution in [-0.4, -0.2) is 5.91 Å². The summed E-state index contributed by atoms with van der Waals surface area (Å²) in [7, 11) is 0. The van der Waals surface area contributed by atoms with Crippen molar-refractivity contribution < 1.29 is 9.18 Å². The Balaban J connectivity index is 2.16. The number of nitriles is 1. The number of benzene rings is 1. The van der Waals surface area contributed by atoms with Crippen LogP contribution in [0.3, 0.4) is 0 Å². The van der Waals surface area contributed by atoms with E-state index >= 15 is 0 Å². The Kier molecular flexibility index (Phi) is 4.61. The lowest BCUT2D eigenvalue weighted by Gasteiger charge is -2.23. The van der Waals surface area contributed by atoms with Crippen LogP contribution in [0.1, 0.15) is 38.5 Å². The van der Waals surface area contributed by atoms with Gasteiger partial charge < -0.3 is 5.32 Å². The smallest absolute Gasteiger partial charge is 0.244 e. The molecule has 0 unspecified atom stereocenters. The molecule has 0 heterocycles. The SMILES string of the molecule is N#CC1(C(=O)Nc2ccc(Cl)c(F)c2)CCCCCC1. The van der Waals surface area contributed by atoms with Crippen LogP contribution in [0.5, 0.6) is 0 Å². The van der Waals surface area contributed by atoms with E-state index in [1.54, 1.807) is 0 Å². The predicted molar refractivity (Wildman–Crippen MR) is 75.8 cm³/mol. The van der Waals surface area contributed by atoms with Crippen molar-refractivity contribution in [2.24, 2.45) is 5.41 Å². The first-order valence-corrected chi connectivity index (χ1v) is 7.13. The molecular formula is C15H16ClFN2O. The van der Waals surface area contributed by atoms with Gasteiger partial charge in [-0.2, -0.15) is 5.26 Å². The number of nitrogens with zero attached hydrogens (tertiary/aromatic N) is 1. The maximum Gasteiger partial charge on any atom is 0.244 e. The average Bonchev–Trinajstić information content (AvgIpc) is 2.69. The molecule has 0 saturated heterocycles. The van der Waals surface area contributed by atoms with Crippen molar-refractivity contribution in [3.8, 4) is 6.07 Å². The number of nitrogens with one attached hydrogen (secondary N) is 1. The second-order valence-corrected chi connectivity index (χ2v) is 5.60. The van der Waals surface area contributed by atoms with Gasteiger partial charge in [0.25, 0.3) is 0 Å². The molecule has 2 rings (SSSR count). The van der Waals surface area contributed by atoms with Gasteiger partial charge in [-0.05, 0) is 31.0 Å². The zero-order chi connectivity index (χ0) is 14.6. The fourth-order valence-corrected chi connectivity index (χ4v) is 2.66. The predicted octanol–water partition coefficient (Wildman–Crippen LogP) is 4.28. The van der Waals surface area contributed by atoms with E-state index in [-0.39, 0.29) is 10.9 Å². The summed E-state index contributed by atoms with van der Waals surface area (Å²) in [5.41, 5.74) is -0.664. The second kappa shape index (κ2) is 6.23. The molecule has 1 saturated carbocycles. The van der Waals surface area contributed by atoms with Crippen molar-refractivity contribution in [2.45, 2.75) is 38.5 Å². The van der Waals surface area contributed by atoms with Crippen LogP contribution in [0.15, 0.2) is 18.2 Å². The molecule has 0 bridgehead atoms. The molecule has 1 N–H and O–H groups in total. The highest BCUT2D eigenvalue weighted by molar-refractivity contribution is 6.30. The van der Waals surface area contributed by atoms with E-state index in [1.165, 1.54) is 18.2 Å². The summed E-state index contributed by atoms with van der Waals surface area (Å²) in [4.78, 5) is 12.4. The minimum absolute atomic E-state index is 0.00691. The molecule has 3 nitrogen and oxygen atoms in total. The van der Waals surface area contributed by atoms with Crippen LogP contribution in [0.25, 0.3) is 0 Å². The summed E-state index contributed by atoms with van der Waals surface area (Å²) in [6.45, 7) is 0. The molecular weight excluding hydrogens is 279 g/mol. The molecule has 0 atom stereocenters. The summed E-state index contributed by atoms with van der Waals surface area (Å²) < 4.78 is 13.4. The van der Waals surface area contributed by atoms with Crippen LogP contribution in [0.2, 0.25) is 5.02 Å². The first-order valence-electron chi connectivity index (χ1n) is 6.75. The molecule has 1 aromatic rings. The standard InChI is InChI=1S/C15H16ClFN2O/c16-12-6-5-11(9-13(12)17)19-14(20)15(10-18)7-3-1-2-4-8-15/h5-6,9H,1-4,7-8H2,(H,19,20). The van der Waals surface area contributed by atoms with Gasteiger partial charge in [0.1, 0.15) is 11.2 Å². The minimum atomic E-state index is -0.993. The highest BCUT2D eigenvalue weighted by Crippen LogP contribution is 2.35. The van der Waals surface area contributed by atoms with Crippen LogP contribution in [0, 0.1) is 22.6 Å². The molecule has 1 fully saturated rings. The summed E-state index contributed by atoms with van der Waals surface area (Å²) in [6, 6.07) is 6.26. The molecule has 1 aliphatic rings. The van der Waals surface area contributed by atoms with Gasteiger partial charge in [0.15, 0.2) is 0 Å². The maximum absolute atomic E-state index is 13.4. The van der Waals surface area contributed by atoms with E-state index in [4.69, 9.17) is 11.6 Å². The van der Waals surface area contributed by atoms with Crippen molar-refractivity contribution in [3.05, 3.63) is 29.0 Å². The highest BCUT2D eigenvalue weighted by atomic mass is 35.5. The number of anilines is 1. The molecule has 0 aromatic heterocycles. The Hall–Kier alpha value is -1.60. The molecule has 1 amide bonds. The second-order valence-electron chi connectivity index (χ2n) is 5.19. The summed E-state index contributed by atoms with van der Waals surface area (Å²) in [5.74, 6) is -0.931. The highest BCUT2D eigenvalue weighted by Gasteiger charge is 2.38. The maximum atomic E-state index is 13.4. The van der Waals surface area contributed by atoms with Crippen molar-refractivity contribution >= 4 is 23.2 Å². The quantitative estimate of drug-likeness (QED) is 0.828. The van der Waals surface area contributed by atoms with Gasteiger partial charge in [-0.3, -0.25) is 4.79 Å². The van der Waals surface area contributed by atoms with Crippen LogP contribution in [0.4, 0.5) is 10.1 Å².